The van der Waals surface area contributed by atoms with E-state index in [4.69, 9.17) is 23.1 Å². The number of carbonyl (C=O) groups is 1. The molecule has 2 rings (SSSR count). The number of nitrogen functional groups attached to an aromatic ring is 1. The molecule has 0 saturated heterocycles. The van der Waals surface area contributed by atoms with Gasteiger partial charge in [0.25, 0.3) is 0 Å². The Hall–Kier alpha value is -2.34. The Labute approximate surface area is 108 Å². The molecule has 1 amide bonds. The van der Waals surface area contributed by atoms with Crippen LogP contribution in [-0.4, -0.2) is 15.9 Å². The molecule has 0 saturated carbocycles. The molecule has 1 heterocycles. The lowest BCUT2D eigenvalue weighted by molar-refractivity contribution is 0.100. The van der Waals surface area contributed by atoms with Crippen LogP contribution in [0.4, 0.5) is 17.3 Å². The molecule has 1 aromatic carbocycles. The van der Waals surface area contributed by atoms with Gasteiger partial charge in [-0.2, -0.15) is 0 Å². The molecule has 6 nitrogen and oxygen atoms in total. The van der Waals surface area contributed by atoms with E-state index in [0.29, 0.717) is 17.1 Å². The van der Waals surface area contributed by atoms with E-state index in [2.05, 4.69) is 15.3 Å². The molecule has 0 spiro atoms. The molecular formula is C11H10ClN5O. The zero-order valence-electron chi connectivity index (χ0n) is 9.22. The molecule has 18 heavy (non-hydrogen) atoms. The Bertz CT molecular complexity index is 584. The van der Waals surface area contributed by atoms with E-state index in [1.54, 1.807) is 24.3 Å². The van der Waals surface area contributed by atoms with Crippen LogP contribution >= 0.6 is 11.6 Å². The number of anilines is 3. The van der Waals surface area contributed by atoms with Crippen LogP contribution in [0.5, 0.6) is 0 Å². The second-order valence-electron chi connectivity index (χ2n) is 3.49. The number of carbonyl (C=O) groups excluding carboxylic acids is 1. The number of nitrogens with one attached hydrogen (secondary N) is 1. The molecule has 5 N–H and O–H groups in total. The molecule has 0 aliphatic carbocycles. The SMILES string of the molecule is NC(=O)c1ccc(Nc2ncnc(N)c2Cl)cc1. The lowest BCUT2D eigenvalue weighted by atomic mass is 10.2. The molecule has 0 unspecified atom stereocenters. The van der Waals surface area contributed by atoms with Crippen LogP contribution in [0.3, 0.4) is 0 Å². The summed E-state index contributed by atoms with van der Waals surface area (Å²) in [6.07, 6.45) is 1.31. The minimum atomic E-state index is -0.481. The van der Waals surface area contributed by atoms with Gasteiger partial charge in [-0.1, -0.05) is 11.6 Å². The van der Waals surface area contributed by atoms with Crippen LogP contribution in [0.2, 0.25) is 5.02 Å². The Morgan fingerprint density at radius 2 is 1.89 bits per heavy atom. The Kier molecular flexibility index (Phi) is 3.29. The van der Waals surface area contributed by atoms with Gasteiger partial charge in [-0.05, 0) is 24.3 Å². The number of amides is 1. The average Bonchev–Trinajstić information content (AvgIpc) is 2.36. The minimum Gasteiger partial charge on any atom is -0.382 e. The number of rotatable bonds is 3. The highest BCUT2D eigenvalue weighted by atomic mass is 35.5. The van der Waals surface area contributed by atoms with Crippen molar-refractivity contribution in [1.82, 2.24) is 9.97 Å². The third-order valence-electron chi connectivity index (χ3n) is 2.25. The van der Waals surface area contributed by atoms with Gasteiger partial charge in [0.1, 0.15) is 17.2 Å². The van der Waals surface area contributed by atoms with Crippen molar-refractivity contribution >= 4 is 34.8 Å². The molecule has 92 valence electrons. The zero-order chi connectivity index (χ0) is 13.1. The first-order chi connectivity index (χ1) is 8.58. The third kappa shape index (κ3) is 2.49. The normalized spacial score (nSPS) is 10.1. The van der Waals surface area contributed by atoms with Crippen LogP contribution in [-0.2, 0) is 0 Å². The average molecular weight is 264 g/mol. The summed E-state index contributed by atoms with van der Waals surface area (Å²) < 4.78 is 0. The summed E-state index contributed by atoms with van der Waals surface area (Å²) in [5.41, 5.74) is 11.8. The van der Waals surface area contributed by atoms with E-state index in [0.717, 1.165) is 0 Å². The molecule has 1 aromatic heterocycles. The fraction of sp³-hybridized carbons (Fsp3) is 0. The van der Waals surface area contributed by atoms with Crippen molar-refractivity contribution in [3.8, 4) is 0 Å². The summed E-state index contributed by atoms with van der Waals surface area (Å²) in [5, 5.41) is 3.21. The number of halogens is 1. The first-order valence-electron chi connectivity index (χ1n) is 5.01. The maximum absolute atomic E-state index is 10.9. The van der Waals surface area contributed by atoms with Crippen molar-refractivity contribution in [1.29, 1.82) is 0 Å². The number of nitrogens with zero attached hydrogens (tertiary/aromatic N) is 2. The van der Waals surface area contributed by atoms with Gasteiger partial charge in [0, 0.05) is 11.3 Å². The second-order valence-corrected chi connectivity index (χ2v) is 3.87. The summed E-state index contributed by atoms with van der Waals surface area (Å²) in [4.78, 5) is 18.6. The lowest BCUT2D eigenvalue weighted by Gasteiger charge is -2.08. The Morgan fingerprint density at radius 3 is 2.50 bits per heavy atom. The van der Waals surface area contributed by atoms with Gasteiger partial charge in [0.05, 0.1) is 0 Å². The third-order valence-corrected chi connectivity index (χ3v) is 2.62. The van der Waals surface area contributed by atoms with Crippen LogP contribution in [0.15, 0.2) is 30.6 Å². The zero-order valence-corrected chi connectivity index (χ0v) is 9.98. The number of hydrogen-bond donors (Lipinski definition) is 3. The van der Waals surface area contributed by atoms with Crippen LogP contribution in [0.25, 0.3) is 0 Å². The van der Waals surface area contributed by atoms with Gasteiger partial charge in [-0.25, -0.2) is 9.97 Å². The minimum absolute atomic E-state index is 0.197. The van der Waals surface area contributed by atoms with Gasteiger partial charge < -0.3 is 16.8 Å². The summed E-state index contributed by atoms with van der Waals surface area (Å²) in [6, 6.07) is 6.58. The van der Waals surface area contributed by atoms with Crippen molar-refractivity contribution in [2.24, 2.45) is 5.73 Å². The maximum atomic E-state index is 10.9. The van der Waals surface area contributed by atoms with Crippen molar-refractivity contribution in [3.63, 3.8) is 0 Å². The predicted molar refractivity (Wildman–Crippen MR) is 69.7 cm³/mol. The number of benzene rings is 1. The number of aromatic nitrogens is 2. The van der Waals surface area contributed by atoms with Crippen molar-refractivity contribution in [2.45, 2.75) is 0 Å². The van der Waals surface area contributed by atoms with E-state index < -0.39 is 5.91 Å². The fourth-order valence-electron chi connectivity index (χ4n) is 1.33. The summed E-state index contributed by atoms with van der Waals surface area (Å²) in [5.74, 6) is 0.116. The highest BCUT2D eigenvalue weighted by molar-refractivity contribution is 6.35. The monoisotopic (exact) mass is 263 g/mol. The van der Waals surface area contributed by atoms with Gasteiger partial charge in [0.2, 0.25) is 5.91 Å². The van der Waals surface area contributed by atoms with E-state index in [1.807, 2.05) is 0 Å². The first kappa shape index (κ1) is 12.1. The van der Waals surface area contributed by atoms with Crippen LogP contribution < -0.4 is 16.8 Å². The van der Waals surface area contributed by atoms with Gasteiger partial charge in [0.15, 0.2) is 5.82 Å². The summed E-state index contributed by atoms with van der Waals surface area (Å²) in [7, 11) is 0. The molecule has 0 fully saturated rings. The Balaban J connectivity index is 2.24. The number of hydrogen-bond acceptors (Lipinski definition) is 5. The van der Waals surface area contributed by atoms with E-state index >= 15 is 0 Å². The molecule has 0 aliphatic rings. The number of primary amides is 1. The van der Waals surface area contributed by atoms with Crippen molar-refractivity contribution in [3.05, 3.63) is 41.2 Å². The summed E-state index contributed by atoms with van der Waals surface area (Å²) >= 11 is 5.94. The standard InChI is InChI=1S/C11H10ClN5O/c12-8-9(13)15-5-16-11(8)17-7-3-1-6(2-4-7)10(14)18/h1-5H,(H2,14,18)(H3,13,15,16,17). The largest absolute Gasteiger partial charge is 0.382 e. The van der Waals surface area contributed by atoms with Crippen molar-refractivity contribution < 1.29 is 4.79 Å². The van der Waals surface area contributed by atoms with Gasteiger partial charge in [-0.3, -0.25) is 4.79 Å². The first-order valence-corrected chi connectivity index (χ1v) is 5.38. The molecule has 7 heteroatoms. The van der Waals surface area contributed by atoms with E-state index in [1.165, 1.54) is 6.33 Å². The quantitative estimate of drug-likeness (QED) is 0.779. The summed E-state index contributed by atoms with van der Waals surface area (Å²) in [6.45, 7) is 0. The van der Waals surface area contributed by atoms with Gasteiger partial charge >= 0.3 is 0 Å². The molecule has 0 aliphatic heterocycles. The molecule has 0 atom stereocenters. The number of nitrogens with two attached hydrogens (primary N) is 2. The second kappa shape index (κ2) is 4.89. The maximum Gasteiger partial charge on any atom is 0.248 e. The fourth-order valence-corrected chi connectivity index (χ4v) is 1.47. The van der Waals surface area contributed by atoms with Crippen LogP contribution in [0.1, 0.15) is 10.4 Å². The topological polar surface area (TPSA) is 107 Å². The molecule has 0 bridgehead atoms. The van der Waals surface area contributed by atoms with Gasteiger partial charge in [-0.15, -0.1) is 0 Å². The molecular weight excluding hydrogens is 254 g/mol. The Morgan fingerprint density at radius 1 is 1.22 bits per heavy atom. The molecule has 2 aromatic rings. The van der Waals surface area contributed by atoms with Crippen LogP contribution in [0, 0.1) is 0 Å². The lowest BCUT2D eigenvalue weighted by Crippen LogP contribution is -2.10. The highest BCUT2D eigenvalue weighted by Crippen LogP contribution is 2.26. The smallest absolute Gasteiger partial charge is 0.248 e. The van der Waals surface area contributed by atoms with Crippen molar-refractivity contribution in [2.75, 3.05) is 11.1 Å². The van der Waals surface area contributed by atoms with E-state index in [9.17, 15) is 4.79 Å². The molecule has 0 radical (unpaired) electrons. The predicted octanol–water partition coefficient (Wildman–Crippen LogP) is 1.55. The highest BCUT2D eigenvalue weighted by Gasteiger charge is 2.07. The van der Waals surface area contributed by atoms with E-state index in [-0.39, 0.29) is 10.8 Å².